The third kappa shape index (κ3) is 8.15. The number of carbonyl (C=O) groups is 3. The molecule has 1 amide bonds. The maximum atomic E-state index is 11.8. The zero-order valence-corrected chi connectivity index (χ0v) is 17.4. The summed E-state index contributed by atoms with van der Waals surface area (Å²) >= 11 is 12.2. The molecule has 0 aliphatic rings. The molecule has 0 radical (unpaired) electrons. The maximum absolute atomic E-state index is 11.8. The maximum Gasteiger partial charge on any atom is 0.414 e. The average Bonchev–Trinajstić information content (AvgIpc) is 3.15. The fourth-order valence-electron chi connectivity index (χ4n) is 2.06. The first-order valence-corrected chi connectivity index (χ1v) is 9.43. The van der Waals surface area contributed by atoms with Crippen molar-refractivity contribution in [2.24, 2.45) is 0 Å². The number of nitrogens with one attached hydrogen (secondary N) is 2. The lowest BCUT2D eigenvalue weighted by Gasteiger charge is -2.12. The van der Waals surface area contributed by atoms with Crippen LogP contribution in [0.3, 0.4) is 0 Å². The minimum atomic E-state index is -1.82. The number of carboxylic acids is 2. The highest BCUT2D eigenvalue weighted by Gasteiger charge is 2.14. The standard InChI is InChI=1S/C17H20Cl2N2O2.C2H2O4/c1-3-9-20-17(22)11(2)21-10-12-7-8-15(23-12)13-5-4-6-14(18)16(13)19;3-1(4)2(5)6/h4-8,11,21H,3,9-10H2,1-2H3,(H,20,22);(H,3,4)(H,5,6). The van der Waals surface area contributed by atoms with Crippen LogP contribution < -0.4 is 10.6 Å². The number of furan rings is 1. The fraction of sp³-hybridized carbons (Fsp3) is 0.316. The Morgan fingerprint density at radius 3 is 2.34 bits per heavy atom. The van der Waals surface area contributed by atoms with Gasteiger partial charge in [0.25, 0.3) is 0 Å². The van der Waals surface area contributed by atoms with E-state index in [0.29, 0.717) is 28.9 Å². The van der Waals surface area contributed by atoms with Gasteiger partial charge in [0, 0.05) is 12.1 Å². The van der Waals surface area contributed by atoms with Crippen LogP contribution in [0.2, 0.25) is 10.0 Å². The van der Waals surface area contributed by atoms with Gasteiger partial charge in [-0.25, -0.2) is 9.59 Å². The lowest BCUT2D eigenvalue weighted by atomic mass is 10.2. The molecule has 29 heavy (non-hydrogen) atoms. The molecule has 1 aromatic heterocycles. The Hall–Kier alpha value is -2.55. The molecule has 0 saturated carbocycles. The van der Waals surface area contributed by atoms with Crippen molar-refractivity contribution in [1.29, 1.82) is 0 Å². The van der Waals surface area contributed by atoms with Crippen LogP contribution in [0.1, 0.15) is 26.0 Å². The van der Waals surface area contributed by atoms with Gasteiger partial charge in [-0.3, -0.25) is 10.1 Å². The van der Waals surface area contributed by atoms with Gasteiger partial charge in [0.05, 0.1) is 22.6 Å². The summed E-state index contributed by atoms with van der Waals surface area (Å²) in [7, 11) is 0. The van der Waals surface area contributed by atoms with Crippen LogP contribution in [-0.4, -0.2) is 40.6 Å². The lowest BCUT2D eigenvalue weighted by Crippen LogP contribution is -2.41. The minimum Gasteiger partial charge on any atom is -0.473 e. The Balaban J connectivity index is 0.000000612. The Morgan fingerprint density at radius 1 is 1.10 bits per heavy atom. The lowest BCUT2D eigenvalue weighted by molar-refractivity contribution is -0.159. The van der Waals surface area contributed by atoms with Crippen molar-refractivity contribution in [3.63, 3.8) is 0 Å². The first kappa shape index (κ1) is 24.5. The van der Waals surface area contributed by atoms with E-state index in [4.69, 9.17) is 47.4 Å². The summed E-state index contributed by atoms with van der Waals surface area (Å²) in [4.78, 5) is 30.0. The molecule has 10 heteroatoms. The molecule has 2 aromatic rings. The van der Waals surface area contributed by atoms with E-state index in [1.54, 1.807) is 6.07 Å². The average molecular weight is 445 g/mol. The molecule has 0 bridgehead atoms. The molecular weight excluding hydrogens is 423 g/mol. The molecule has 2 rings (SSSR count). The third-order valence-corrected chi connectivity index (χ3v) is 4.41. The normalized spacial score (nSPS) is 11.2. The van der Waals surface area contributed by atoms with Crippen molar-refractivity contribution in [3.8, 4) is 11.3 Å². The van der Waals surface area contributed by atoms with Gasteiger partial charge in [0.15, 0.2) is 0 Å². The summed E-state index contributed by atoms with van der Waals surface area (Å²) in [5.74, 6) is -2.29. The second-order valence-corrected chi connectivity index (χ2v) is 6.66. The Bertz CT molecular complexity index is 841. The molecular formula is C19H22Cl2N2O6. The van der Waals surface area contributed by atoms with Crippen LogP contribution in [0.25, 0.3) is 11.3 Å². The van der Waals surface area contributed by atoms with Gasteiger partial charge in [-0.1, -0.05) is 36.2 Å². The van der Waals surface area contributed by atoms with Gasteiger partial charge >= 0.3 is 11.9 Å². The van der Waals surface area contributed by atoms with Crippen LogP contribution in [0, 0.1) is 0 Å². The predicted octanol–water partition coefficient (Wildman–Crippen LogP) is 3.41. The summed E-state index contributed by atoms with van der Waals surface area (Å²) in [6.07, 6.45) is 0.917. The van der Waals surface area contributed by atoms with E-state index in [1.165, 1.54) is 0 Å². The van der Waals surface area contributed by atoms with E-state index in [9.17, 15) is 4.79 Å². The first-order valence-electron chi connectivity index (χ1n) is 8.67. The topological polar surface area (TPSA) is 129 Å². The van der Waals surface area contributed by atoms with E-state index in [0.717, 1.165) is 17.7 Å². The van der Waals surface area contributed by atoms with Crippen molar-refractivity contribution in [1.82, 2.24) is 10.6 Å². The zero-order chi connectivity index (χ0) is 22.0. The fourth-order valence-corrected chi connectivity index (χ4v) is 2.45. The summed E-state index contributed by atoms with van der Waals surface area (Å²) in [5, 5.41) is 21.7. The first-order chi connectivity index (χ1) is 13.7. The summed E-state index contributed by atoms with van der Waals surface area (Å²) in [5.41, 5.74) is 0.749. The third-order valence-electron chi connectivity index (χ3n) is 3.59. The highest BCUT2D eigenvalue weighted by atomic mass is 35.5. The number of aliphatic carboxylic acids is 2. The van der Waals surface area contributed by atoms with Gasteiger partial charge in [-0.15, -0.1) is 0 Å². The molecule has 1 heterocycles. The zero-order valence-electron chi connectivity index (χ0n) is 15.9. The second kappa shape index (κ2) is 12.1. The molecule has 0 spiro atoms. The highest BCUT2D eigenvalue weighted by molar-refractivity contribution is 6.43. The van der Waals surface area contributed by atoms with Crippen LogP contribution in [0.5, 0.6) is 0 Å². The number of amides is 1. The van der Waals surface area contributed by atoms with Gasteiger partial charge < -0.3 is 19.9 Å². The second-order valence-electron chi connectivity index (χ2n) is 5.87. The molecule has 0 fully saturated rings. The molecule has 8 nitrogen and oxygen atoms in total. The van der Waals surface area contributed by atoms with E-state index < -0.39 is 11.9 Å². The van der Waals surface area contributed by atoms with Gasteiger partial charge in [0.1, 0.15) is 11.5 Å². The summed E-state index contributed by atoms with van der Waals surface area (Å²) in [6.45, 7) is 4.98. The number of hydrogen-bond acceptors (Lipinski definition) is 5. The van der Waals surface area contributed by atoms with Crippen molar-refractivity contribution in [2.45, 2.75) is 32.9 Å². The smallest absolute Gasteiger partial charge is 0.414 e. The van der Waals surface area contributed by atoms with Crippen molar-refractivity contribution < 1.29 is 29.0 Å². The Kier molecular flexibility index (Phi) is 10.2. The molecule has 4 N–H and O–H groups in total. The van der Waals surface area contributed by atoms with Crippen LogP contribution in [0.4, 0.5) is 0 Å². The van der Waals surface area contributed by atoms with Gasteiger partial charge in [0.2, 0.25) is 5.91 Å². The SMILES string of the molecule is CCCNC(=O)C(C)NCc1ccc(-c2cccc(Cl)c2Cl)o1.O=C(O)C(=O)O. The summed E-state index contributed by atoms with van der Waals surface area (Å²) < 4.78 is 5.78. The molecule has 158 valence electrons. The van der Waals surface area contributed by atoms with Crippen molar-refractivity contribution in [3.05, 3.63) is 46.1 Å². The number of carboxylic acid groups (broad SMARTS) is 2. The van der Waals surface area contributed by atoms with E-state index in [2.05, 4.69) is 10.6 Å². The minimum absolute atomic E-state index is 0.0171. The molecule has 1 atom stereocenters. The van der Waals surface area contributed by atoms with Crippen LogP contribution in [0.15, 0.2) is 34.7 Å². The summed E-state index contributed by atoms with van der Waals surface area (Å²) in [6, 6.07) is 8.82. The Morgan fingerprint density at radius 2 is 1.76 bits per heavy atom. The van der Waals surface area contributed by atoms with E-state index in [1.807, 2.05) is 38.1 Å². The quantitative estimate of drug-likeness (QED) is 0.481. The highest BCUT2D eigenvalue weighted by Crippen LogP contribution is 2.34. The molecule has 0 saturated heterocycles. The molecule has 0 aliphatic carbocycles. The number of carbonyl (C=O) groups excluding carboxylic acids is 1. The van der Waals surface area contributed by atoms with Crippen LogP contribution >= 0.6 is 23.2 Å². The van der Waals surface area contributed by atoms with Crippen molar-refractivity contribution >= 4 is 41.0 Å². The number of halogens is 2. The molecule has 1 unspecified atom stereocenters. The van der Waals surface area contributed by atoms with E-state index in [-0.39, 0.29) is 11.9 Å². The van der Waals surface area contributed by atoms with E-state index >= 15 is 0 Å². The van der Waals surface area contributed by atoms with Crippen LogP contribution in [-0.2, 0) is 20.9 Å². The van der Waals surface area contributed by atoms with Gasteiger partial charge in [-0.05, 0) is 37.6 Å². The molecule has 1 aromatic carbocycles. The number of rotatable bonds is 7. The monoisotopic (exact) mass is 444 g/mol. The predicted molar refractivity (Wildman–Crippen MR) is 109 cm³/mol. The Labute approximate surface area is 177 Å². The molecule has 0 aliphatic heterocycles. The van der Waals surface area contributed by atoms with Gasteiger partial charge in [-0.2, -0.15) is 0 Å². The number of benzene rings is 1. The number of hydrogen-bond donors (Lipinski definition) is 4. The van der Waals surface area contributed by atoms with Crippen molar-refractivity contribution in [2.75, 3.05) is 6.54 Å². The largest absolute Gasteiger partial charge is 0.473 e.